The fourth-order valence-corrected chi connectivity index (χ4v) is 3.50. The second-order valence-corrected chi connectivity index (χ2v) is 6.22. The van der Waals surface area contributed by atoms with Crippen molar-refractivity contribution >= 4 is 29.1 Å². The van der Waals surface area contributed by atoms with Crippen LogP contribution in [0.25, 0.3) is 0 Å². The minimum atomic E-state index is -0.902. The SMILES string of the molecule is CC(Cc1cccs1)n1c(CO)nnc1SCC(=O)O. The summed E-state index contributed by atoms with van der Waals surface area (Å²) in [4.78, 5) is 11.9. The molecule has 6 nitrogen and oxygen atoms in total. The highest BCUT2D eigenvalue weighted by Gasteiger charge is 2.18. The van der Waals surface area contributed by atoms with Crippen LogP contribution >= 0.6 is 23.1 Å². The number of rotatable bonds is 7. The molecule has 8 heteroatoms. The number of carboxylic acid groups (broad SMARTS) is 1. The summed E-state index contributed by atoms with van der Waals surface area (Å²) in [5.74, 6) is -0.516. The van der Waals surface area contributed by atoms with Gasteiger partial charge in [0.25, 0.3) is 0 Å². The standard InChI is InChI=1S/C12H15N3O3S2/c1-8(5-9-3-2-4-19-9)15-10(6-16)13-14-12(15)20-7-11(17)18/h2-4,8,16H,5-7H2,1H3,(H,17,18). The number of aromatic nitrogens is 3. The predicted octanol–water partition coefficient (Wildman–Crippen LogP) is 1.81. The van der Waals surface area contributed by atoms with Gasteiger partial charge >= 0.3 is 5.97 Å². The van der Waals surface area contributed by atoms with Gasteiger partial charge in [0.1, 0.15) is 6.61 Å². The highest BCUT2D eigenvalue weighted by atomic mass is 32.2. The average molecular weight is 313 g/mol. The molecule has 0 fully saturated rings. The van der Waals surface area contributed by atoms with Crippen molar-refractivity contribution < 1.29 is 15.0 Å². The predicted molar refractivity (Wildman–Crippen MR) is 77.0 cm³/mol. The number of nitrogens with zero attached hydrogens (tertiary/aromatic N) is 3. The first-order chi connectivity index (χ1) is 9.61. The van der Waals surface area contributed by atoms with E-state index in [1.165, 1.54) is 4.88 Å². The van der Waals surface area contributed by atoms with E-state index < -0.39 is 5.97 Å². The Bertz CT molecular complexity index is 569. The largest absolute Gasteiger partial charge is 0.481 e. The molecule has 108 valence electrons. The third-order valence-corrected chi connectivity index (χ3v) is 4.55. The Kier molecular flexibility index (Phi) is 5.16. The van der Waals surface area contributed by atoms with Crippen molar-refractivity contribution in [3.05, 3.63) is 28.2 Å². The zero-order valence-corrected chi connectivity index (χ0v) is 12.5. The zero-order valence-electron chi connectivity index (χ0n) is 10.9. The second-order valence-electron chi connectivity index (χ2n) is 4.24. The van der Waals surface area contributed by atoms with Gasteiger partial charge in [-0.15, -0.1) is 21.5 Å². The summed E-state index contributed by atoms with van der Waals surface area (Å²) < 4.78 is 1.81. The van der Waals surface area contributed by atoms with Crippen molar-refractivity contribution in [3.63, 3.8) is 0 Å². The van der Waals surface area contributed by atoms with E-state index in [0.29, 0.717) is 11.0 Å². The molecule has 0 bridgehead atoms. The molecule has 2 heterocycles. The monoisotopic (exact) mass is 313 g/mol. The summed E-state index contributed by atoms with van der Waals surface area (Å²) in [5, 5.41) is 28.5. The van der Waals surface area contributed by atoms with Gasteiger partial charge in [-0.05, 0) is 18.4 Å². The van der Waals surface area contributed by atoms with Gasteiger partial charge in [0.2, 0.25) is 0 Å². The highest BCUT2D eigenvalue weighted by molar-refractivity contribution is 7.99. The van der Waals surface area contributed by atoms with Gasteiger partial charge in [0.05, 0.1) is 5.75 Å². The average Bonchev–Trinajstić information content (AvgIpc) is 3.04. The molecule has 1 unspecified atom stereocenters. The third-order valence-electron chi connectivity index (χ3n) is 2.72. The Morgan fingerprint density at radius 1 is 1.55 bits per heavy atom. The van der Waals surface area contributed by atoms with Gasteiger partial charge in [-0.2, -0.15) is 0 Å². The van der Waals surface area contributed by atoms with E-state index in [0.717, 1.165) is 18.2 Å². The normalized spacial score (nSPS) is 12.5. The van der Waals surface area contributed by atoms with Crippen LogP contribution in [0.4, 0.5) is 0 Å². The van der Waals surface area contributed by atoms with Crippen LogP contribution in [0, 0.1) is 0 Å². The van der Waals surface area contributed by atoms with Crippen molar-refractivity contribution in [1.29, 1.82) is 0 Å². The van der Waals surface area contributed by atoms with Crippen LogP contribution in [0.2, 0.25) is 0 Å². The molecule has 20 heavy (non-hydrogen) atoms. The smallest absolute Gasteiger partial charge is 0.313 e. The zero-order chi connectivity index (χ0) is 14.5. The van der Waals surface area contributed by atoms with Crippen LogP contribution < -0.4 is 0 Å². The summed E-state index contributed by atoms with van der Waals surface area (Å²) in [6, 6.07) is 4.10. The molecule has 0 amide bonds. The van der Waals surface area contributed by atoms with Crippen LogP contribution in [-0.2, 0) is 17.8 Å². The summed E-state index contributed by atoms with van der Waals surface area (Å²) in [6.07, 6.45) is 0.795. The Morgan fingerprint density at radius 3 is 2.95 bits per heavy atom. The van der Waals surface area contributed by atoms with Gasteiger partial charge in [0, 0.05) is 17.3 Å². The van der Waals surface area contributed by atoms with Crippen molar-refractivity contribution in [2.45, 2.75) is 31.1 Å². The number of hydrogen-bond donors (Lipinski definition) is 2. The molecular weight excluding hydrogens is 298 g/mol. The Hall–Kier alpha value is -1.38. The molecule has 2 N–H and O–H groups in total. The molecular formula is C12H15N3O3S2. The van der Waals surface area contributed by atoms with Crippen molar-refractivity contribution in [1.82, 2.24) is 14.8 Å². The van der Waals surface area contributed by atoms with E-state index in [9.17, 15) is 9.90 Å². The highest BCUT2D eigenvalue weighted by Crippen LogP contribution is 2.25. The van der Waals surface area contributed by atoms with Crippen LogP contribution in [0.1, 0.15) is 23.7 Å². The molecule has 0 saturated carbocycles. The topological polar surface area (TPSA) is 88.2 Å². The number of hydrogen-bond acceptors (Lipinski definition) is 6. The van der Waals surface area contributed by atoms with E-state index in [4.69, 9.17) is 5.11 Å². The molecule has 1 atom stereocenters. The minimum Gasteiger partial charge on any atom is -0.481 e. The molecule has 0 radical (unpaired) electrons. The summed E-state index contributed by atoms with van der Waals surface area (Å²) in [5.41, 5.74) is 0. The fraction of sp³-hybridized carbons (Fsp3) is 0.417. The molecule has 0 saturated heterocycles. The van der Waals surface area contributed by atoms with E-state index in [-0.39, 0.29) is 18.4 Å². The lowest BCUT2D eigenvalue weighted by Crippen LogP contribution is -2.13. The lowest BCUT2D eigenvalue weighted by molar-refractivity contribution is -0.133. The number of carboxylic acids is 1. The second kappa shape index (κ2) is 6.87. The van der Waals surface area contributed by atoms with E-state index >= 15 is 0 Å². The van der Waals surface area contributed by atoms with Gasteiger partial charge in [-0.25, -0.2) is 0 Å². The summed E-state index contributed by atoms with van der Waals surface area (Å²) in [7, 11) is 0. The van der Waals surface area contributed by atoms with Crippen LogP contribution in [-0.4, -0.2) is 36.7 Å². The van der Waals surface area contributed by atoms with Crippen molar-refractivity contribution in [2.75, 3.05) is 5.75 Å². The number of aliphatic hydroxyl groups excluding tert-OH is 1. The minimum absolute atomic E-state index is 0.0575. The van der Waals surface area contributed by atoms with Crippen LogP contribution in [0.15, 0.2) is 22.7 Å². The number of carbonyl (C=O) groups is 1. The Labute approximate surface area is 124 Å². The summed E-state index contributed by atoms with van der Waals surface area (Å²) >= 11 is 2.78. The van der Waals surface area contributed by atoms with E-state index in [1.54, 1.807) is 11.3 Å². The third kappa shape index (κ3) is 3.59. The Morgan fingerprint density at radius 2 is 2.35 bits per heavy atom. The maximum atomic E-state index is 10.7. The number of thiophene rings is 1. The maximum Gasteiger partial charge on any atom is 0.313 e. The van der Waals surface area contributed by atoms with E-state index in [1.807, 2.05) is 29.0 Å². The van der Waals surface area contributed by atoms with Crippen molar-refractivity contribution in [3.8, 4) is 0 Å². The molecule has 0 spiro atoms. The Balaban J connectivity index is 2.18. The van der Waals surface area contributed by atoms with Crippen LogP contribution in [0.3, 0.4) is 0 Å². The molecule has 2 aromatic heterocycles. The molecule has 0 aliphatic carbocycles. The number of aliphatic hydroxyl groups is 1. The molecule has 0 aromatic carbocycles. The molecule has 2 rings (SSSR count). The lowest BCUT2D eigenvalue weighted by Gasteiger charge is -2.16. The van der Waals surface area contributed by atoms with Gasteiger partial charge in [-0.3, -0.25) is 4.79 Å². The first-order valence-corrected chi connectivity index (χ1v) is 7.90. The van der Waals surface area contributed by atoms with Crippen molar-refractivity contribution in [2.24, 2.45) is 0 Å². The van der Waals surface area contributed by atoms with Crippen LogP contribution in [0.5, 0.6) is 0 Å². The fourth-order valence-electron chi connectivity index (χ4n) is 1.89. The quantitative estimate of drug-likeness (QED) is 0.758. The lowest BCUT2D eigenvalue weighted by atomic mass is 10.2. The van der Waals surface area contributed by atoms with E-state index in [2.05, 4.69) is 10.2 Å². The molecule has 0 aliphatic rings. The first kappa shape index (κ1) is 15.0. The van der Waals surface area contributed by atoms with Gasteiger partial charge < -0.3 is 14.8 Å². The summed E-state index contributed by atoms with van der Waals surface area (Å²) in [6.45, 7) is 1.79. The number of aliphatic carboxylic acids is 1. The van der Waals surface area contributed by atoms with Gasteiger partial charge in [-0.1, -0.05) is 17.8 Å². The maximum absolute atomic E-state index is 10.7. The number of thioether (sulfide) groups is 1. The molecule has 0 aliphatic heterocycles. The molecule has 2 aromatic rings. The first-order valence-electron chi connectivity index (χ1n) is 6.03. The van der Waals surface area contributed by atoms with Gasteiger partial charge in [0.15, 0.2) is 11.0 Å².